The molecule has 0 atom stereocenters. The Morgan fingerprint density at radius 1 is 1.55 bits per heavy atom. The molecule has 1 amide bonds. The molecule has 0 unspecified atom stereocenters. The van der Waals surface area contributed by atoms with Gasteiger partial charge in [0.05, 0.1) is 5.84 Å². The summed E-state index contributed by atoms with van der Waals surface area (Å²) in [5.41, 5.74) is 5.25. The van der Waals surface area contributed by atoms with Crippen molar-refractivity contribution in [3.63, 3.8) is 0 Å². The van der Waals surface area contributed by atoms with Gasteiger partial charge >= 0.3 is 0 Å². The zero-order chi connectivity index (χ0) is 8.43. The molecule has 1 rings (SSSR count). The number of amidine groups is 1. The van der Waals surface area contributed by atoms with Crippen molar-refractivity contribution in [1.82, 2.24) is 5.32 Å². The summed E-state index contributed by atoms with van der Waals surface area (Å²) in [6.07, 6.45) is 1.49. The summed E-state index contributed by atoms with van der Waals surface area (Å²) in [4.78, 5) is 10.9. The molecule has 1 aliphatic rings. The maximum absolute atomic E-state index is 10.9. The lowest BCUT2D eigenvalue weighted by atomic mass is 9.74. The summed E-state index contributed by atoms with van der Waals surface area (Å²) in [7, 11) is 1.63. The van der Waals surface area contributed by atoms with Crippen LogP contribution >= 0.6 is 0 Å². The summed E-state index contributed by atoms with van der Waals surface area (Å²) in [5, 5.41) is 9.66. The zero-order valence-corrected chi connectivity index (χ0v) is 6.55. The lowest BCUT2D eigenvalue weighted by Crippen LogP contribution is -2.42. The Bertz CT molecular complexity index is 184. The summed E-state index contributed by atoms with van der Waals surface area (Å²) in [6, 6.07) is 0. The van der Waals surface area contributed by atoms with E-state index >= 15 is 0 Å². The third-order valence-electron chi connectivity index (χ3n) is 2.20. The topological polar surface area (TPSA) is 79.0 Å². The van der Waals surface area contributed by atoms with Crippen LogP contribution in [0.2, 0.25) is 0 Å². The number of carbonyl (C=O) groups excluding carboxylic acids is 1. The van der Waals surface area contributed by atoms with Gasteiger partial charge in [-0.3, -0.25) is 10.2 Å². The standard InChI is InChI=1S/C7H13N3O/c1-10-7(11)5-2-4(3-5)6(8)9/h4-5H,2-3H2,1H3,(H3,8,9)(H,10,11). The number of nitrogens with one attached hydrogen (secondary N) is 2. The van der Waals surface area contributed by atoms with Crippen molar-refractivity contribution in [2.24, 2.45) is 17.6 Å². The first-order valence-electron chi connectivity index (χ1n) is 3.70. The van der Waals surface area contributed by atoms with Crippen molar-refractivity contribution < 1.29 is 4.79 Å². The van der Waals surface area contributed by atoms with E-state index in [0.717, 1.165) is 12.8 Å². The van der Waals surface area contributed by atoms with Gasteiger partial charge in [-0.1, -0.05) is 0 Å². The molecule has 0 aromatic heterocycles. The second kappa shape index (κ2) is 2.90. The van der Waals surface area contributed by atoms with Crippen molar-refractivity contribution in [1.29, 1.82) is 5.41 Å². The molecule has 0 spiro atoms. The number of nitrogens with two attached hydrogens (primary N) is 1. The largest absolute Gasteiger partial charge is 0.387 e. The van der Waals surface area contributed by atoms with Gasteiger partial charge in [0.15, 0.2) is 0 Å². The van der Waals surface area contributed by atoms with Crippen LogP contribution in [0.3, 0.4) is 0 Å². The third-order valence-corrected chi connectivity index (χ3v) is 2.20. The third kappa shape index (κ3) is 1.50. The first kappa shape index (κ1) is 8.04. The molecule has 0 bridgehead atoms. The Kier molecular flexibility index (Phi) is 2.12. The van der Waals surface area contributed by atoms with E-state index in [2.05, 4.69) is 5.32 Å². The van der Waals surface area contributed by atoms with E-state index in [9.17, 15) is 4.79 Å². The van der Waals surface area contributed by atoms with E-state index in [-0.39, 0.29) is 23.6 Å². The highest BCUT2D eigenvalue weighted by Gasteiger charge is 2.35. The molecule has 0 saturated heterocycles. The van der Waals surface area contributed by atoms with Crippen LogP contribution in [0.4, 0.5) is 0 Å². The maximum Gasteiger partial charge on any atom is 0.222 e. The Morgan fingerprint density at radius 2 is 2.09 bits per heavy atom. The number of amides is 1. The monoisotopic (exact) mass is 155 g/mol. The van der Waals surface area contributed by atoms with E-state index in [0.29, 0.717) is 0 Å². The molecule has 0 aromatic rings. The Hall–Kier alpha value is -1.06. The quantitative estimate of drug-likeness (QED) is 0.378. The summed E-state index contributed by atoms with van der Waals surface area (Å²) >= 11 is 0. The van der Waals surface area contributed by atoms with Gasteiger partial charge in [-0.2, -0.15) is 0 Å². The molecular formula is C7H13N3O. The lowest BCUT2D eigenvalue weighted by Gasteiger charge is -2.32. The van der Waals surface area contributed by atoms with Gasteiger partial charge in [0.25, 0.3) is 0 Å². The number of hydrogen-bond donors (Lipinski definition) is 3. The smallest absolute Gasteiger partial charge is 0.222 e. The molecule has 4 heteroatoms. The first-order chi connectivity index (χ1) is 5.15. The predicted octanol–water partition coefficient (Wildman–Crippen LogP) is -0.305. The average molecular weight is 155 g/mol. The van der Waals surface area contributed by atoms with E-state index in [4.69, 9.17) is 11.1 Å². The van der Waals surface area contributed by atoms with E-state index < -0.39 is 0 Å². The summed E-state index contributed by atoms with van der Waals surface area (Å²) < 4.78 is 0. The van der Waals surface area contributed by atoms with Crippen LogP contribution < -0.4 is 11.1 Å². The van der Waals surface area contributed by atoms with Gasteiger partial charge in [0, 0.05) is 18.9 Å². The fourth-order valence-electron chi connectivity index (χ4n) is 1.29. The van der Waals surface area contributed by atoms with Crippen molar-refractivity contribution in [3.05, 3.63) is 0 Å². The highest BCUT2D eigenvalue weighted by Crippen LogP contribution is 2.33. The van der Waals surface area contributed by atoms with E-state index in [1.165, 1.54) is 0 Å². The normalized spacial score (nSPS) is 28.8. The van der Waals surface area contributed by atoms with Crippen LogP contribution in [0.25, 0.3) is 0 Å². The highest BCUT2D eigenvalue weighted by molar-refractivity contribution is 5.85. The van der Waals surface area contributed by atoms with Crippen molar-refractivity contribution in [2.75, 3.05) is 7.05 Å². The number of hydrogen-bond acceptors (Lipinski definition) is 2. The van der Waals surface area contributed by atoms with Crippen LogP contribution in [-0.4, -0.2) is 18.8 Å². The minimum atomic E-state index is 0.0718. The zero-order valence-electron chi connectivity index (χ0n) is 6.55. The summed E-state index contributed by atoms with van der Waals surface area (Å²) in [5.74, 6) is 0.527. The van der Waals surface area contributed by atoms with Gasteiger partial charge in [-0.25, -0.2) is 0 Å². The van der Waals surface area contributed by atoms with Crippen LogP contribution in [-0.2, 0) is 4.79 Å². The molecule has 0 aromatic carbocycles. The van der Waals surface area contributed by atoms with E-state index in [1.54, 1.807) is 7.05 Å². The van der Waals surface area contributed by atoms with Gasteiger partial charge in [0.2, 0.25) is 5.91 Å². The van der Waals surface area contributed by atoms with Gasteiger partial charge in [-0.15, -0.1) is 0 Å². The number of carbonyl (C=O) groups is 1. The van der Waals surface area contributed by atoms with Crippen molar-refractivity contribution in [2.45, 2.75) is 12.8 Å². The maximum atomic E-state index is 10.9. The van der Waals surface area contributed by atoms with Gasteiger partial charge < -0.3 is 11.1 Å². The molecule has 0 aliphatic heterocycles. The van der Waals surface area contributed by atoms with Gasteiger partial charge in [0.1, 0.15) is 0 Å². The molecule has 1 aliphatic carbocycles. The molecule has 62 valence electrons. The second-order valence-corrected chi connectivity index (χ2v) is 2.93. The SMILES string of the molecule is CNC(=O)C1CC(C(=N)N)C1. The first-order valence-corrected chi connectivity index (χ1v) is 3.70. The second-order valence-electron chi connectivity index (χ2n) is 2.93. The van der Waals surface area contributed by atoms with E-state index in [1.807, 2.05) is 0 Å². The Labute approximate surface area is 65.7 Å². The molecule has 4 nitrogen and oxygen atoms in total. The fourth-order valence-corrected chi connectivity index (χ4v) is 1.29. The predicted molar refractivity (Wildman–Crippen MR) is 42.2 cm³/mol. The average Bonchev–Trinajstić information content (AvgIpc) is 1.83. The molecular weight excluding hydrogens is 142 g/mol. The van der Waals surface area contributed by atoms with Crippen molar-refractivity contribution >= 4 is 11.7 Å². The van der Waals surface area contributed by atoms with Crippen LogP contribution in [0.1, 0.15) is 12.8 Å². The Morgan fingerprint density at radius 3 is 2.45 bits per heavy atom. The minimum Gasteiger partial charge on any atom is -0.387 e. The van der Waals surface area contributed by atoms with Gasteiger partial charge in [-0.05, 0) is 12.8 Å². The van der Waals surface area contributed by atoms with Crippen LogP contribution in [0, 0.1) is 17.2 Å². The van der Waals surface area contributed by atoms with Crippen LogP contribution in [0.15, 0.2) is 0 Å². The lowest BCUT2D eigenvalue weighted by molar-refractivity contribution is -0.127. The fraction of sp³-hybridized carbons (Fsp3) is 0.714. The molecule has 0 heterocycles. The molecule has 1 fully saturated rings. The van der Waals surface area contributed by atoms with Crippen LogP contribution in [0.5, 0.6) is 0 Å². The summed E-state index contributed by atoms with van der Waals surface area (Å²) in [6.45, 7) is 0. The molecule has 11 heavy (non-hydrogen) atoms. The minimum absolute atomic E-state index is 0.0718. The molecule has 0 radical (unpaired) electrons. The number of rotatable bonds is 2. The Balaban J connectivity index is 2.29. The van der Waals surface area contributed by atoms with Crippen molar-refractivity contribution in [3.8, 4) is 0 Å². The molecule has 4 N–H and O–H groups in total. The highest BCUT2D eigenvalue weighted by atomic mass is 16.1. The molecule has 1 saturated carbocycles.